The van der Waals surface area contributed by atoms with Crippen LogP contribution in [-0.2, 0) is 6.42 Å². The molecule has 0 saturated heterocycles. The molecule has 1 aromatic heterocycles. The Labute approximate surface area is 147 Å². The Bertz CT molecular complexity index is 682. The van der Waals surface area contributed by atoms with Crippen LogP contribution in [0.25, 0.3) is 10.9 Å². The molecule has 0 saturated carbocycles. The van der Waals surface area contributed by atoms with Gasteiger partial charge in [-0.3, -0.25) is 4.98 Å². The Morgan fingerprint density at radius 2 is 2.00 bits per heavy atom. The fraction of sp³-hybridized carbons (Fsp3) is 0.471. The summed E-state index contributed by atoms with van der Waals surface area (Å²) in [6.45, 7) is 11.2. The quantitative estimate of drug-likeness (QED) is 0.452. The average molecular weight is 401 g/mol. The SMILES string of the molecule is CC(C)(C)[Si](C)(C)Oc1c(Br)cc(CCCl)c2cccnc12. The summed E-state index contributed by atoms with van der Waals surface area (Å²) in [5, 5.41) is 1.27. The standard InChI is InChI=1S/C17H23BrClNOSi/c1-17(2,3)22(4,5)21-16-14(18)11-12(8-9-19)13-7-6-10-20-15(13)16/h6-7,10-11H,8-9H2,1-5H3. The largest absolute Gasteiger partial charge is 0.541 e. The number of aromatic nitrogens is 1. The van der Waals surface area contributed by atoms with E-state index in [1.54, 1.807) is 0 Å². The minimum Gasteiger partial charge on any atom is -0.541 e. The predicted molar refractivity (Wildman–Crippen MR) is 102 cm³/mol. The van der Waals surface area contributed by atoms with E-state index in [9.17, 15) is 0 Å². The summed E-state index contributed by atoms with van der Waals surface area (Å²) in [5.41, 5.74) is 2.12. The van der Waals surface area contributed by atoms with Crippen molar-refractivity contribution in [2.45, 2.75) is 45.3 Å². The van der Waals surface area contributed by atoms with Crippen molar-refractivity contribution in [1.29, 1.82) is 0 Å². The highest BCUT2D eigenvalue weighted by Crippen LogP contribution is 2.42. The Hall–Kier alpha value is -0.583. The third kappa shape index (κ3) is 3.49. The van der Waals surface area contributed by atoms with Crippen LogP contribution in [0.15, 0.2) is 28.9 Å². The summed E-state index contributed by atoms with van der Waals surface area (Å²) < 4.78 is 7.50. The number of fused-ring (bicyclic) bond motifs is 1. The normalized spacial score (nSPS) is 12.7. The van der Waals surface area contributed by atoms with Gasteiger partial charge in [-0.15, -0.1) is 11.6 Å². The van der Waals surface area contributed by atoms with Crippen LogP contribution >= 0.6 is 27.5 Å². The Balaban J connectivity index is 2.60. The van der Waals surface area contributed by atoms with E-state index in [4.69, 9.17) is 16.0 Å². The second-order valence-corrected chi connectivity index (χ2v) is 13.0. The number of pyridine rings is 1. The number of halogens is 2. The highest BCUT2D eigenvalue weighted by Gasteiger charge is 2.39. The first kappa shape index (κ1) is 17.8. The van der Waals surface area contributed by atoms with Crippen LogP contribution in [0.2, 0.25) is 18.1 Å². The molecular weight excluding hydrogens is 378 g/mol. The zero-order chi connectivity index (χ0) is 16.5. The lowest BCUT2D eigenvalue weighted by molar-refractivity contribution is 0.493. The molecule has 120 valence electrons. The smallest absolute Gasteiger partial charge is 0.250 e. The van der Waals surface area contributed by atoms with Crippen molar-refractivity contribution >= 4 is 46.8 Å². The second kappa shape index (κ2) is 6.50. The molecule has 0 unspecified atom stereocenters. The number of alkyl halides is 1. The van der Waals surface area contributed by atoms with Gasteiger partial charge in [0.25, 0.3) is 8.32 Å². The summed E-state index contributed by atoms with van der Waals surface area (Å²) in [4.78, 5) is 4.58. The Morgan fingerprint density at radius 1 is 1.32 bits per heavy atom. The van der Waals surface area contributed by atoms with Gasteiger partial charge in [0.15, 0.2) is 0 Å². The second-order valence-electron chi connectivity index (χ2n) is 7.05. The molecule has 5 heteroatoms. The van der Waals surface area contributed by atoms with E-state index < -0.39 is 8.32 Å². The Kier molecular flexibility index (Phi) is 5.25. The van der Waals surface area contributed by atoms with Gasteiger partial charge in [0, 0.05) is 17.5 Å². The van der Waals surface area contributed by atoms with Gasteiger partial charge in [-0.05, 0) is 58.2 Å². The van der Waals surface area contributed by atoms with Crippen molar-refractivity contribution in [2.75, 3.05) is 5.88 Å². The first-order valence-corrected chi connectivity index (χ1v) is 11.7. The van der Waals surface area contributed by atoms with Crippen molar-refractivity contribution in [3.05, 3.63) is 34.4 Å². The van der Waals surface area contributed by atoms with Gasteiger partial charge >= 0.3 is 0 Å². The van der Waals surface area contributed by atoms with Gasteiger partial charge in [-0.25, -0.2) is 0 Å². The van der Waals surface area contributed by atoms with Crippen molar-refractivity contribution in [2.24, 2.45) is 0 Å². The lowest BCUT2D eigenvalue weighted by Crippen LogP contribution is -2.44. The van der Waals surface area contributed by atoms with Crippen LogP contribution < -0.4 is 4.43 Å². The molecule has 22 heavy (non-hydrogen) atoms. The molecule has 1 aromatic carbocycles. The van der Waals surface area contributed by atoms with E-state index in [0.29, 0.717) is 5.88 Å². The highest BCUT2D eigenvalue weighted by molar-refractivity contribution is 9.10. The maximum atomic E-state index is 6.54. The molecular formula is C17H23BrClNOSi. The van der Waals surface area contributed by atoms with Crippen LogP contribution in [0.1, 0.15) is 26.3 Å². The first-order chi connectivity index (χ1) is 10.2. The van der Waals surface area contributed by atoms with Crippen molar-refractivity contribution in [3.63, 3.8) is 0 Å². The molecule has 0 N–H and O–H groups in total. The molecule has 0 aliphatic carbocycles. The predicted octanol–water partition coefficient (Wildman–Crippen LogP) is 6.16. The fourth-order valence-corrected chi connectivity index (χ4v) is 3.99. The number of hydrogen-bond donors (Lipinski definition) is 0. The number of benzene rings is 1. The van der Waals surface area contributed by atoms with Crippen molar-refractivity contribution in [1.82, 2.24) is 4.98 Å². The monoisotopic (exact) mass is 399 g/mol. The number of nitrogens with zero attached hydrogens (tertiary/aromatic N) is 1. The van der Waals surface area contributed by atoms with Gasteiger partial charge < -0.3 is 4.43 Å². The van der Waals surface area contributed by atoms with E-state index >= 15 is 0 Å². The third-order valence-corrected chi connectivity index (χ3v) is 9.52. The van der Waals surface area contributed by atoms with Gasteiger partial charge in [-0.2, -0.15) is 0 Å². The first-order valence-electron chi connectivity index (χ1n) is 7.48. The minimum atomic E-state index is -1.93. The van der Waals surface area contributed by atoms with Crippen LogP contribution in [0.5, 0.6) is 5.75 Å². The summed E-state index contributed by atoms with van der Waals surface area (Å²) in [6, 6.07) is 6.17. The molecule has 0 radical (unpaired) electrons. The molecule has 1 heterocycles. The van der Waals surface area contributed by atoms with Crippen molar-refractivity contribution < 1.29 is 4.43 Å². The summed E-state index contributed by atoms with van der Waals surface area (Å²) >= 11 is 9.61. The molecule has 0 aliphatic rings. The van der Waals surface area contributed by atoms with Gasteiger partial charge in [0.2, 0.25) is 0 Å². The van der Waals surface area contributed by atoms with Crippen LogP contribution in [0, 0.1) is 0 Å². The molecule has 0 atom stereocenters. The number of hydrogen-bond acceptors (Lipinski definition) is 2. The molecule has 2 nitrogen and oxygen atoms in total. The molecule has 2 rings (SSSR count). The maximum Gasteiger partial charge on any atom is 0.250 e. The van der Waals surface area contributed by atoms with Crippen LogP contribution in [0.3, 0.4) is 0 Å². The third-order valence-electron chi connectivity index (χ3n) is 4.41. The highest BCUT2D eigenvalue weighted by atomic mass is 79.9. The van der Waals surface area contributed by atoms with Gasteiger partial charge in [0.1, 0.15) is 11.3 Å². The lowest BCUT2D eigenvalue weighted by atomic mass is 10.1. The fourth-order valence-electron chi connectivity index (χ4n) is 2.07. The van der Waals surface area contributed by atoms with Gasteiger partial charge in [0.05, 0.1) is 4.47 Å². The van der Waals surface area contributed by atoms with Gasteiger partial charge in [-0.1, -0.05) is 26.8 Å². The van der Waals surface area contributed by atoms with E-state index in [1.807, 2.05) is 12.3 Å². The van der Waals surface area contributed by atoms with Crippen LogP contribution in [0.4, 0.5) is 0 Å². The van der Waals surface area contributed by atoms with E-state index in [1.165, 1.54) is 5.56 Å². The van der Waals surface area contributed by atoms with Crippen molar-refractivity contribution in [3.8, 4) is 5.75 Å². The number of aryl methyl sites for hydroxylation is 1. The molecule has 0 amide bonds. The van der Waals surface area contributed by atoms with E-state index in [0.717, 1.165) is 27.5 Å². The summed E-state index contributed by atoms with van der Waals surface area (Å²) in [7, 11) is -1.93. The molecule has 0 bridgehead atoms. The molecule has 0 spiro atoms. The van der Waals surface area contributed by atoms with Crippen LogP contribution in [-0.4, -0.2) is 19.2 Å². The number of rotatable bonds is 4. The topological polar surface area (TPSA) is 22.1 Å². The van der Waals surface area contributed by atoms with E-state index in [-0.39, 0.29) is 5.04 Å². The zero-order valence-electron chi connectivity index (χ0n) is 13.8. The van der Waals surface area contributed by atoms with E-state index in [2.05, 4.69) is 66.9 Å². The zero-order valence-corrected chi connectivity index (χ0v) is 17.2. The lowest BCUT2D eigenvalue weighted by Gasteiger charge is -2.37. The molecule has 0 fully saturated rings. The average Bonchev–Trinajstić information content (AvgIpc) is 2.42. The summed E-state index contributed by atoms with van der Waals surface area (Å²) in [5.74, 6) is 1.46. The molecule has 2 aromatic rings. The molecule has 0 aliphatic heterocycles. The maximum absolute atomic E-state index is 6.54. The Morgan fingerprint density at radius 3 is 2.59 bits per heavy atom. The minimum absolute atomic E-state index is 0.141. The summed E-state index contributed by atoms with van der Waals surface area (Å²) in [6.07, 6.45) is 2.64.